The molecule has 3 aromatic rings. The van der Waals surface area contributed by atoms with Gasteiger partial charge in [0.15, 0.2) is 17.3 Å². The molecule has 2 aromatic carbocycles. The van der Waals surface area contributed by atoms with Crippen molar-refractivity contribution in [3.8, 4) is 11.5 Å². The van der Waals surface area contributed by atoms with E-state index in [4.69, 9.17) is 9.47 Å². The number of anilines is 4. The molecule has 0 aliphatic carbocycles. The van der Waals surface area contributed by atoms with Crippen molar-refractivity contribution in [3.63, 3.8) is 0 Å². The average molecular weight is 333 g/mol. The summed E-state index contributed by atoms with van der Waals surface area (Å²) in [5, 5.41) is 11.4. The average Bonchev–Trinajstić information content (AvgIpc) is 3.28. The van der Waals surface area contributed by atoms with E-state index in [2.05, 4.69) is 43.6 Å². The minimum Gasteiger partial charge on any atom is -0.454 e. The van der Waals surface area contributed by atoms with Crippen molar-refractivity contribution in [2.45, 2.75) is 6.42 Å². The maximum atomic E-state index is 5.39. The Kier molecular flexibility index (Phi) is 3.16. The molecular formula is C18H15N5O2. The zero-order valence-electron chi connectivity index (χ0n) is 13.3. The van der Waals surface area contributed by atoms with E-state index in [0.717, 1.165) is 30.2 Å². The minimum atomic E-state index is 0.251. The molecule has 7 heteroatoms. The van der Waals surface area contributed by atoms with Crippen LogP contribution in [-0.4, -0.2) is 28.5 Å². The fraction of sp³-hybridized carbons (Fsp3) is 0.167. The molecule has 1 aromatic heterocycles. The van der Waals surface area contributed by atoms with Crippen LogP contribution in [0, 0.1) is 0 Å². The summed E-state index contributed by atoms with van der Waals surface area (Å²) < 4.78 is 10.7. The molecule has 5 rings (SSSR count). The van der Waals surface area contributed by atoms with Crippen LogP contribution in [0.3, 0.4) is 0 Å². The van der Waals surface area contributed by atoms with Crippen LogP contribution in [0.1, 0.15) is 5.56 Å². The van der Waals surface area contributed by atoms with Crippen molar-refractivity contribution in [3.05, 3.63) is 54.2 Å². The Balaban J connectivity index is 1.42. The van der Waals surface area contributed by atoms with E-state index < -0.39 is 0 Å². The second-order valence-corrected chi connectivity index (χ2v) is 5.86. The number of aromatic nitrogens is 3. The van der Waals surface area contributed by atoms with Crippen LogP contribution in [0.4, 0.5) is 23.1 Å². The van der Waals surface area contributed by atoms with Crippen molar-refractivity contribution < 1.29 is 9.47 Å². The van der Waals surface area contributed by atoms with Crippen LogP contribution in [0.25, 0.3) is 0 Å². The summed E-state index contributed by atoms with van der Waals surface area (Å²) in [6.07, 6.45) is 2.69. The number of fused-ring (bicyclic) bond motifs is 2. The largest absolute Gasteiger partial charge is 0.454 e. The molecule has 7 nitrogen and oxygen atoms in total. The number of ether oxygens (including phenoxy) is 2. The predicted octanol–water partition coefficient (Wildman–Crippen LogP) is 3.04. The van der Waals surface area contributed by atoms with Gasteiger partial charge in [-0.15, -0.1) is 5.10 Å². The molecule has 25 heavy (non-hydrogen) atoms. The van der Waals surface area contributed by atoms with E-state index >= 15 is 0 Å². The normalized spacial score (nSPS) is 14.5. The smallest absolute Gasteiger partial charge is 0.249 e. The number of rotatable bonds is 3. The predicted molar refractivity (Wildman–Crippen MR) is 92.8 cm³/mol. The van der Waals surface area contributed by atoms with Crippen LogP contribution in [0.15, 0.2) is 48.7 Å². The Morgan fingerprint density at radius 2 is 1.96 bits per heavy atom. The molecule has 124 valence electrons. The summed E-state index contributed by atoms with van der Waals surface area (Å²) in [4.78, 5) is 6.77. The van der Waals surface area contributed by atoms with E-state index in [1.54, 1.807) is 6.20 Å². The molecule has 0 atom stereocenters. The maximum Gasteiger partial charge on any atom is 0.249 e. The van der Waals surface area contributed by atoms with Crippen molar-refractivity contribution >= 4 is 23.1 Å². The topological polar surface area (TPSA) is 72.4 Å². The summed E-state index contributed by atoms with van der Waals surface area (Å²) in [7, 11) is 0. The van der Waals surface area contributed by atoms with Crippen LogP contribution < -0.4 is 19.7 Å². The van der Waals surface area contributed by atoms with Crippen LogP contribution in [0.5, 0.6) is 11.5 Å². The first kappa shape index (κ1) is 14.0. The third-order valence-electron chi connectivity index (χ3n) is 4.34. The Morgan fingerprint density at radius 1 is 1.04 bits per heavy atom. The Bertz CT molecular complexity index is 946. The lowest BCUT2D eigenvalue weighted by atomic mass is 10.2. The molecule has 0 radical (unpaired) electrons. The van der Waals surface area contributed by atoms with Crippen molar-refractivity contribution in [1.29, 1.82) is 0 Å². The molecule has 0 unspecified atom stereocenters. The molecular weight excluding hydrogens is 318 g/mol. The highest BCUT2D eigenvalue weighted by Crippen LogP contribution is 2.35. The Labute approximate surface area is 144 Å². The first-order chi connectivity index (χ1) is 12.4. The first-order valence-corrected chi connectivity index (χ1v) is 8.09. The fourth-order valence-electron chi connectivity index (χ4n) is 3.16. The summed E-state index contributed by atoms with van der Waals surface area (Å²) in [5.74, 6) is 2.68. The molecule has 0 saturated carbocycles. The van der Waals surface area contributed by atoms with Gasteiger partial charge in [-0.25, -0.2) is 0 Å². The lowest BCUT2D eigenvalue weighted by molar-refractivity contribution is 0.174. The lowest BCUT2D eigenvalue weighted by Crippen LogP contribution is -2.16. The molecule has 2 aliphatic rings. The van der Waals surface area contributed by atoms with E-state index in [-0.39, 0.29) is 6.79 Å². The van der Waals surface area contributed by atoms with Crippen LogP contribution in [0.2, 0.25) is 0 Å². The van der Waals surface area contributed by atoms with Gasteiger partial charge < -0.3 is 19.7 Å². The van der Waals surface area contributed by atoms with Crippen LogP contribution in [-0.2, 0) is 6.42 Å². The van der Waals surface area contributed by atoms with Gasteiger partial charge in [-0.1, -0.05) is 18.2 Å². The number of para-hydroxylation sites is 1. The summed E-state index contributed by atoms with van der Waals surface area (Å²) in [5.41, 5.74) is 3.33. The molecule has 1 N–H and O–H groups in total. The molecule has 2 aliphatic heterocycles. The monoisotopic (exact) mass is 333 g/mol. The zero-order chi connectivity index (χ0) is 16.6. The quantitative estimate of drug-likeness (QED) is 0.790. The number of nitrogens with one attached hydrogen (secondary N) is 1. The van der Waals surface area contributed by atoms with Gasteiger partial charge in [0, 0.05) is 24.0 Å². The first-order valence-electron chi connectivity index (χ1n) is 8.09. The molecule has 0 spiro atoms. The van der Waals surface area contributed by atoms with E-state index in [1.165, 1.54) is 11.3 Å². The number of hydrogen-bond donors (Lipinski definition) is 1. The highest BCUT2D eigenvalue weighted by molar-refractivity contribution is 5.68. The third-order valence-corrected chi connectivity index (χ3v) is 4.34. The van der Waals surface area contributed by atoms with Gasteiger partial charge in [-0.3, -0.25) is 0 Å². The molecule has 0 amide bonds. The van der Waals surface area contributed by atoms with Crippen molar-refractivity contribution in [1.82, 2.24) is 15.2 Å². The van der Waals surface area contributed by atoms with Crippen LogP contribution >= 0.6 is 0 Å². The molecule has 3 heterocycles. The van der Waals surface area contributed by atoms with E-state index in [1.807, 2.05) is 24.3 Å². The van der Waals surface area contributed by atoms with E-state index in [9.17, 15) is 0 Å². The number of hydrogen-bond acceptors (Lipinski definition) is 7. The second-order valence-electron chi connectivity index (χ2n) is 5.86. The summed E-state index contributed by atoms with van der Waals surface area (Å²) >= 11 is 0. The van der Waals surface area contributed by atoms with Gasteiger partial charge in [0.05, 0.1) is 6.20 Å². The third kappa shape index (κ3) is 2.50. The minimum absolute atomic E-state index is 0.251. The van der Waals surface area contributed by atoms with Gasteiger partial charge in [-0.2, -0.15) is 10.1 Å². The Hall–Kier alpha value is -3.35. The fourth-order valence-corrected chi connectivity index (χ4v) is 3.16. The Morgan fingerprint density at radius 3 is 2.96 bits per heavy atom. The number of benzene rings is 2. The second kappa shape index (κ2) is 5.62. The van der Waals surface area contributed by atoms with Gasteiger partial charge in [-0.05, 0) is 30.2 Å². The van der Waals surface area contributed by atoms with Gasteiger partial charge in [0.2, 0.25) is 12.7 Å². The molecule has 0 fully saturated rings. The highest BCUT2D eigenvalue weighted by Gasteiger charge is 2.21. The summed E-state index contributed by atoms with van der Waals surface area (Å²) in [6.45, 7) is 1.14. The van der Waals surface area contributed by atoms with E-state index in [0.29, 0.717) is 11.7 Å². The van der Waals surface area contributed by atoms with Crippen molar-refractivity contribution in [2.24, 2.45) is 0 Å². The zero-order valence-corrected chi connectivity index (χ0v) is 13.3. The maximum absolute atomic E-state index is 5.39. The van der Waals surface area contributed by atoms with Gasteiger partial charge in [0.25, 0.3) is 0 Å². The SMILES string of the molecule is c1ccc2c(c1)CCN2c1cnnc(Nc2ccc3c(c2)OCO3)n1. The van der Waals surface area contributed by atoms with Crippen molar-refractivity contribution in [2.75, 3.05) is 23.6 Å². The standard InChI is InChI=1S/C18H15N5O2/c1-2-4-14-12(3-1)7-8-23(14)17-10-19-22-18(21-17)20-13-5-6-15-16(9-13)25-11-24-15/h1-6,9-10H,7-8,11H2,(H,20,21,22). The number of nitrogens with zero attached hydrogens (tertiary/aromatic N) is 4. The highest BCUT2D eigenvalue weighted by atomic mass is 16.7. The van der Waals surface area contributed by atoms with Gasteiger partial charge >= 0.3 is 0 Å². The molecule has 0 bridgehead atoms. The lowest BCUT2D eigenvalue weighted by Gasteiger charge is -2.18. The summed E-state index contributed by atoms with van der Waals surface area (Å²) in [6, 6.07) is 14.0. The van der Waals surface area contributed by atoms with Gasteiger partial charge in [0.1, 0.15) is 0 Å². The molecule has 0 saturated heterocycles.